The molecule has 2 bridgehead atoms. The highest BCUT2D eigenvalue weighted by molar-refractivity contribution is 7.22. The van der Waals surface area contributed by atoms with E-state index in [-0.39, 0.29) is 30.6 Å². The topological polar surface area (TPSA) is 126 Å². The van der Waals surface area contributed by atoms with Crippen molar-refractivity contribution >= 4 is 39.1 Å². The molecule has 316 valence electrons. The number of aromatic nitrogens is 4. The molecular formula is C46H47ClFN7O5S. The highest BCUT2D eigenvalue weighted by atomic mass is 35.5. The Balaban J connectivity index is 1.20. The minimum absolute atomic E-state index is 0.0298. The number of piperazine rings is 1. The van der Waals surface area contributed by atoms with Gasteiger partial charge in [-0.25, -0.2) is 29.1 Å². The molecule has 2 saturated heterocycles. The van der Waals surface area contributed by atoms with Crippen LogP contribution in [0.4, 0.5) is 4.39 Å². The van der Waals surface area contributed by atoms with Crippen molar-refractivity contribution in [2.45, 2.75) is 44.4 Å². The predicted octanol–water partition coefficient (Wildman–Crippen LogP) is 6.73. The number of benzene rings is 2. The van der Waals surface area contributed by atoms with Crippen LogP contribution in [0.2, 0.25) is 0 Å². The molecule has 0 saturated carbocycles. The molecule has 0 unspecified atom stereocenters. The first-order valence-electron chi connectivity index (χ1n) is 20.4. The molecule has 3 aliphatic rings. The van der Waals surface area contributed by atoms with Gasteiger partial charge in [-0.1, -0.05) is 53.9 Å². The quantitative estimate of drug-likeness (QED) is 0.158. The van der Waals surface area contributed by atoms with Gasteiger partial charge in [0, 0.05) is 82.4 Å². The zero-order valence-corrected chi connectivity index (χ0v) is 35.5. The number of aliphatic carboxylic acids is 1. The Kier molecular flexibility index (Phi) is 13.6. The van der Waals surface area contributed by atoms with E-state index in [1.165, 1.54) is 29.8 Å². The number of likely N-dealkylation sites (N-methyl/N-ethyl adjacent to an activating group) is 1. The van der Waals surface area contributed by atoms with Crippen LogP contribution in [0.5, 0.6) is 11.6 Å². The summed E-state index contributed by atoms with van der Waals surface area (Å²) >= 11 is 8.21. The third-order valence-electron chi connectivity index (χ3n) is 11.3. The van der Waals surface area contributed by atoms with Gasteiger partial charge in [-0.15, -0.1) is 17.8 Å². The van der Waals surface area contributed by atoms with Gasteiger partial charge >= 0.3 is 5.97 Å². The number of carbonyl (C=O) groups is 1. The van der Waals surface area contributed by atoms with Crippen LogP contribution in [0.1, 0.15) is 40.5 Å². The lowest BCUT2D eigenvalue weighted by atomic mass is 10.0. The van der Waals surface area contributed by atoms with E-state index in [4.69, 9.17) is 37.2 Å². The molecule has 5 aromatic rings. The van der Waals surface area contributed by atoms with Gasteiger partial charge in [-0.05, 0) is 72.0 Å². The van der Waals surface area contributed by atoms with Crippen molar-refractivity contribution < 1.29 is 28.5 Å². The number of halogens is 2. The summed E-state index contributed by atoms with van der Waals surface area (Å²) < 4.78 is 32.6. The van der Waals surface area contributed by atoms with Crippen LogP contribution in [0.3, 0.4) is 0 Å². The van der Waals surface area contributed by atoms with Gasteiger partial charge < -0.3 is 24.2 Å². The maximum Gasteiger partial charge on any atom is 0.345 e. The average Bonchev–Trinajstić information content (AvgIpc) is 3.95. The molecule has 1 N–H and O–H groups in total. The van der Waals surface area contributed by atoms with Gasteiger partial charge in [0.05, 0.1) is 22.7 Å². The smallest absolute Gasteiger partial charge is 0.345 e. The molecule has 2 aromatic carbocycles. The zero-order valence-electron chi connectivity index (χ0n) is 33.9. The Morgan fingerprint density at radius 3 is 2.66 bits per heavy atom. The van der Waals surface area contributed by atoms with Crippen molar-refractivity contribution in [2.24, 2.45) is 0 Å². The molecular weight excluding hydrogens is 817 g/mol. The molecule has 15 heteroatoms. The van der Waals surface area contributed by atoms with Gasteiger partial charge in [0.25, 0.3) is 0 Å². The monoisotopic (exact) mass is 863 g/mol. The second-order valence-corrected chi connectivity index (χ2v) is 16.9. The predicted molar refractivity (Wildman–Crippen MR) is 233 cm³/mol. The number of thiophene rings is 1. The van der Waals surface area contributed by atoms with Crippen molar-refractivity contribution in [1.29, 1.82) is 0 Å². The Bertz CT molecular complexity index is 2460. The molecule has 12 nitrogen and oxygen atoms in total. The second kappa shape index (κ2) is 19.6. The first-order valence-corrected chi connectivity index (χ1v) is 21.6. The Hall–Kier alpha value is -5.27. The SMILES string of the molecule is C#C/C(Cl)=C1\C=C/Cc2c(-c3ccc(F)cc3)sc3ncnc(c23)O[C@@H](C(=O)O)Cc2cc(ccc2OCc2ccnc([C@H]3CCOC3)n2)CN(CCN2CCN(C)CC2)C1. The number of carboxylic acid groups (broad SMARTS) is 1. The Morgan fingerprint density at radius 1 is 1.07 bits per heavy atom. The van der Waals surface area contributed by atoms with Crippen LogP contribution >= 0.6 is 22.9 Å². The van der Waals surface area contributed by atoms with Gasteiger partial charge in [-0.3, -0.25) is 9.80 Å². The van der Waals surface area contributed by atoms with Crippen LogP contribution in [0.25, 0.3) is 20.7 Å². The molecule has 0 amide bonds. The molecule has 6 heterocycles. The fourth-order valence-corrected chi connectivity index (χ4v) is 9.17. The number of hydrogen-bond donors (Lipinski definition) is 1. The summed E-state index contributed by atoms with van der Waals surface area (Å²) in [5, 5.41) is 11.6. The molecule has 3 aromatic heterocycles. The van der Waals surface area contributed by atoms with Crippen molar-refractivity contribution in [3.05, 3.63) is 118 Å². The minimum atomic E-state index is -1.34. The maximum absolute atomic E-state index is 14.1. The normalized spacial score (nSPS) is 20.8. The largest absolute Gasteiger partial charge is 0.487 e. The van der Waals surface area contributed by atoms with E-state index in [9.17, 15) is 14.3 Å². The van der Waals surface area contributed by atoms with Crippen molar-refractivity contribution in [3.8, 4) is 34.4 Å². The Morgan fingerprint density at radius 2 is 1.89 bits per heavy atom. The van der Waals surface area contributed by atoms with Gasteiger partial charge in [-0.2, -0.15) is 0 Å². The summed E-state index contributed by atoms with van der Waals surface area (Å²) in [5.74, 6) is 2.63. The van der Waals surface area contributed by atoms with E-state index in [0.717, 1.165) is 78.7 Å². The summed E-state index contributed by atoms with van der Waals surface area (Å²) in [7, 11) is 2.14. The summed E-state index contributed by atoms with van der Waals surface area (Å²) in [4.78, 5) is 40.0. The summed E-state index contributed by atoms with van der Waals surface area (Å²) in [6.07, 6.45) is 12.9. The molecule has 0 aliphatic carbocycles. The molecule has 2 fully saturated rings. The van der Waals surface area contributed by atoms with E-state index < -0.39 is 12.1 Å². The van der Waals surface area contributed by atoms with E-state index in [1.54, 1.807) is 18.3 Å². The number of terminal acetylenes is 1. The lowest BCUT2D eigenvalue weighted by Crippen LogP contribution is -2.47. The molecule has 0 spiro atoms. The molecule has 2 atom stereocenters. The molecule has 61 heavy (non-hydrogen) atoms. The van der Waals surface area contributed by atoms with Crippen LogP contribution in [-0.4, -0.2) is 118 Å². The van der Waals surface area contributed by atoms with Crippen LogP contribution < -0.4 is 9.47 Å². The fraction of sp³-hybridized carbons (Fsp3) is 0.370. The number of rotatable bonds is 9. The van der Waals surface area contributed by atoms with Crippen LogP contribution in [0, 0.1) is 18.2 Å². The van der Waals surface area contributed by atoms with Crippen molar-refractivity contribution in [1.82, 2.24) is 34.6 Å². The summed E-state index contributed by atoms with van der Waals surface area (Å²) in [6.45, 7) is 7.94. The molecule has 3 aliphatic heterocycles. The van der Waals surface area contributed by atoms with Crippen molar-refractivity contribution in [3.63, 3.8) is 0 Å². The highest BCUT2D eigenvalue weighted by Gasteiger charge is 2.28. The Labute approximate surface area is 363 Å². The van der Waals surface area contributed by atoms with Crippen molar-refractivity contribution in [2.75, 3.05) is 66.1 Å². The summed E-state index contributed by atoms with van der Waals surface area (Å²) in [6, 6.07) is 14.0. The van der Waals surface area contributed by atoms with E-state index in [2.05, 4.69) is 42.6 Å². The number of hydrogen-bond acceptors (Lipinski definition) is 12. The third-order valence-corrected chi connectivity index (χ3v) is 12.8. The highest BCUT2D eigenvalue weighted by Crippen LogP contribution is 2.42. The lowest BCUT2D eigenvalue weighted by Gasteiger charge is -2.34. The molecule has 8 rings (SSSR count). The van der Waals surface area contributed by atoms with E-state index >= 15 is 0 Å². The summed E-state index contributed by atoms with van der Waals surface area (Å²) in [5.41, 5.74) is 4.67. The number of allylic oxidation sites excluding steroid dienone is 2. The van der Waals surface area contributed by atoms with Gasteiger partial charge in [0.2, 0.25) is 12.0 Å². The first-order chi connectivity index (χ1) is 29.7. The third kappa shape index (κ3) is 10.4. The average molecular weight is 864 g/mol. The number of nitrogens with zero attached hydrogens (tertiary/aromatic N) is 7. The van der Waals surface area contributed by atoms with Crippen LogP contribution in [0.15, 0.2) is 83.8 Å². The number of fused-ring (bicyclic) bond motifs is 2. The molecule has 0 radical (unpaired) electrons. The van der Waals surface area contributed by atoms with Gasteiger partial charge in [0.15, 0.2) is 0 Å². The fourth-order valence-electron chi connectivity index (χ4n) is 7.88. The standard InChI is InChI=1S/C46H47ClFN7O5S/c1-3-38(47)32-5-4-6-37-41-44(50-29-51-45(41)61-42(37)31-8-10-35(48)11-9-31)60-40(46(56)57)24-34-23-30(25-55(26-32)21-20-54-18-16-53(2)17-19-54)7-12-39(34)59-28-36-13-15-49-43(52-36)33-14-22-58-27-33/h1,4-5,7-13,15,23,29,33,40H,6,14,16-22,24-28H2,2H3,(H,56,57)/b5-4-,38-32-/t33-,40+/m0/s1. The zero-order chi connectivity index (χ0) is 42.3. The van der Waals surface area contributed by atoms with Gasteiger partial charge in [0.1, 0.15) is 35.2 Å². The first kappa shape index (κ1) is 42.4. The number of carboxylic acids is 1. The maximum atomic E-state index is 14.1. The number of ether oxygens (including phenoxy) is 3. The lowest BCUT2D eigenvalue weighted by molar-refractivity contribution is -0.145. The van der Waals surface area contributed by atoms with Crippen LogP contribution in [-0.2, 0) is 35.5 Å². The minimum Gasteiger partial charge on any atom is -0.487 e. The second-order valence-electron chi connectivity index (χ2n) is 15.6. The van der Waals surface area contributed by atoms with E-state index in [1.807, 2.05) is 36.4 Å². The van der Waals surface area contributed by atoms with E-state index in [0.29, 0.717) is 65.0 Å².